The zero-order valence-corrected chi connectivity index (χ0v) is 17.3. The van der Waals surface area contributed by atoms with Crippen molar-refractivity contribution in [3.05, 3.63) is 23.0 Å². The molecule has 0 saturated carbocycles. The molecule has 2 aromatic rings. The summed E-state index contributed by atoms with van der Waals surface area (Å²) in [6, 6.07) is 1.87. The number of ether oxygens (including phenoxy) is 1. The Hall–Kier alpha value is -1.95. The number of carbonyl (C=O) groups excluding carboxylic acids is 1. The van der Waals surface area contributed by atoms with Crippen LogP contribution in [0.2, 0.25) is 0 Å². The zero-order valence-electron chi connectivity index (χ0n) is 17.3. The van der Waals surface area contributed by atoms with Gasteiger partial charge in [0.2, 0.25) is 0 Å². The molecule has 2 atom stereocenters. The van der Waals surface area contributed by atoms with Crippen LogP contribution in [0.3, 0.4) is 0 Å². The van der Waals surface area contributed by atoms with E-state index in [0.717, 1.165) is 25.1 Å². The summed E-state index contributed by atoms with van der Waals surface area (Å²) in [5.41, 5.74) is 2.59. The van der Waals surface area contributed by atoms with E-state index in [0.29, 0.717) is 34.8 Å². The van der Waals surface area contributed by atoms with Crippen molar-refractivity contribution in [1.29, 1.82) is 0 Å². The minimum atomic E-state index is -0.103. The molecule has 0 bridgehead atoms. The first kappa shape index (κ1) is 19.8. The Kier molecular flexibility index (Phi) is 5.56. The van der Waals surface area contributed by atoms with Gasteiger partial charge in [-0.25, -0.2) is 4.98 Å². The Bertz CT molecular complexity index is 820. The van der Waals surface area contributed by atoms with E-state index >= 15 is 0 Å². The molecule has 1 saturated heterocycles. The van der Waals surface area contributed by atoms with Crippen LogP contribution in [0.15, 0.2) is 10.6 Å². The summed E-state index contributed by atoms with van der Waals surface area (Å²) in [6.45, 7) is 13.9. The fraction of sp³-hybridized carbons (Fsp3) is 0.667. The van der Waals surface area contributed by atoms with Gasteiger partial charge in [0.1, 0.15) is 0 Å². The van der Waals surface area contributed by atoms with Crippen molar-refractivity contribution in [2.24, 2.45) is 11.3 Å². The molecular formula is C21H31N3O3. The van der Waals surface area contributed by atoms with Gasteiger partial charge in [-0.1, -0.05) is 39.8 Å². The third-order valence-corrected chi connectivity index (χ3v) is 5.30. The van der Waals surface area contributed by atoms with Crippen LogP contribution in [0.4, 0.5) is 0 Å². The normalized spacial score (nSPS) is 21.0. The van der Waals surface area contributed by atoms with Crippen LogP contribution in [0, 0.1) is 18.3 Å². The van der Waals surface area contributed by atoms with Gasteiger partial charge in [0.15, 0.2) is 0 Å². The number of hydrogen-bond donors (Lipinski definition) is 1. The third-order valence-electron chi connectivity index (χ3n) is 5.30. The summed E-state index contributed by atoms with van der Waals surface area (Å²) in [4.78, 5) is 17.5. The van der Waals surface area contributed by atoms with E-state index in [4.69, 9.17) is 9.26 Å². The standard InChI is InChI=1S/C21H31N3O3/c1-12(2)16-10-15(17-13(3)24-27-20(17)23-16)19(25)22-11-14-8-7-9-26-18(14)21(4,5)6/h10,12,14,18H,7-9,11H2,1-6H3,(H,22,25)/t14-,18-/m1/s1. The van der Waals surface area contributed by atoms with Crippen molar-refractivity contribution in [3.8, 4) is 0 Å². The second kappa shape index (κ2) is 7.58. The Labute approximate surface area is 161 Å². The number of hydrogen-bond acceptors (Lipinski definition) is 5. The molecule has 0 unspecified atom stereocenters. The highest BCUT2D eigenvalue weighted by atomic mass is 16.5. The molecule has 148 valence electrons. The average molecular weight is 373 g/mol. The molecule has 1 N–H and O–H groups in total. The van der Waals surface area contributed by atoms with Gasteiger partial charge in [0.05, 0.1) is 22.7 Å². The maximum atomic E-state index is 13.0. The fourth-order valence-corrected chi connectivity index (χ4v) is 3.92. The van der Waals surface area contributed by atoms with Crippen LogP contribution in [-0.4, -0.2) is 35.3 Å². The molecule has 3 rings (SSSR count). The molecule has 6 nitrogen and oxygen atoms in total. The molecule has 1 aliphatic rings. The number of nitrogens with one attached hydrogen (secondary N) is 1. The van der Waals surface area contributed by atoms with Crippen LogP contribution in [-0.2, 0) is 4.74 Å². The Morgan fingerprint density at radius 3 is 2.78 bits per heavy atom. The molecule has 0 aromatic carbocycles. The maximum Gasteiger partial charge on any atom is 0.259 e. The van der Waals surface area contributed by atoms with E-state index in [-0.39, 0.29) is 23.3 Å². The predicted octanol–water partition coefficient (Wildman–Crippen LogP) is 4.23. The van der Waals surface area contributed by atoms with Crippen LogP contribution < -0.4 is 5.32 Å². The van der Waals surface area contributed by atoms with Crippen LogP contribution in [0.25, 0.3) is 11.1 Å². The number of amides is 1. The van der Waals surface area contributed by atoms with Gasteiger partial charge in [0.25, 0.3) is 11.6 Å². The molecule has 0 aliphatic carbocycles. The maximum absolute atomic E-state index is 13.0. The Balaban J connectivity index is 1.82. The number of nitrogens with zero attached hydrogens (tertiary/aromatic N) is 2. The number of aromatic nitrogens is 2. The van der Waals surface area contributed by atoms with Gasteiger partial charge in [-0.3, -0.25) is 4.79 Å². The van der Waals surface area contributed by atoms with Crippen LogP contribution in [0.1, 0.15) is 75.1 Å². The molecule has 0 spiro atoms. The van der Waals surface area contributed by atoms with Gasteiger partial charge in [0, 0.05) is 24.8 Å². The van der Waals surface area contributed by atoms with Crippen molar-refractivity contribution in [1.82, 2.24) is 15.5 Å². The Morgan fingerprint density at radius 2 is 2.11 bits per heavy atom. The van der Waals surface area contributed by atoms with E-state index in [1.165, 1.54) is 0 Å². The first-order valence-electron chi connectivity index (χ1n) is 9.85. The van der Waals surface area contributed by atoms with E-state index < -0.39 is 0 Å². The molecule has 27 heavy (non-hydrogen) atoms. The SMILES string of the molecule is Cc1noc2nc(C(C)C)cc(C(=O)NC[C@H]3CCCO[C@H]3C(C)(C)C)c12. The van der Waals surface area contributed by atoms with Gasteiger partial charge < -0.3 is 14.6 Å². The molecule has 1 aliphatic heterocycles. The number of rotatable bonds is 4. The van der Waals surface area contributed by atoms with Crippen LogP contribution in [0.5, 0.6) is 0 Å². The Morgan fingerprint density at radius 1 is 1.37 bits per heavy atom. The average Bonchev–Trinajstić information content (AvgIpc) is 2.99. The summed E-state index contributed by atoms with van der Waals surface area (Å²) in [6.07, 6.45) is 2.25. The van der Waals surface area contributed by atoms with E-state index in [1.807, 2.05) is 26.8 Å². The lowest BCUT2D eigenvalue weighted by atomic mass is 9.78. The lowest BCUT2D eigenvalue weighted by Gasteiger charge is -2.40. The molecule has 2 aromatic heterocycles. The summed E-state index contributed by atoms with van der Waals surface area (Å²) in [5.74, 6) is 0.408. The number of aryl methyl sites for hydroxylation is 1. The first-order chi connectivity index (χ1) is 12.7. The molecule has 6 heteroatoms. The lowest BCUT2D eigenvalue weighted by molar-refractivity contribution is -0.0839. The van der Waals surface area contributed by atoms with Crippen molar-refractivity contribution in [3.63, 3.8) is 0 Å². The monoisotopic (exact) mass is 373 g/mol. The largest absolute Gasteiger partial charge is 0.377 e. The lowest BCUT2D eigenvalue weighted by Crippen LogP contribution is -2.45. The summed E-state index contributed by atoms with van der Waals surface area (Å²) in [7, 11) is 0. The summed E-state index contributed by atoms with van der Waals surface area (Å²) < 4.78 is 11.4. The van der Waals surface area contributed by atoms with E-state index in [9.17, 15) is 4.79 Å². The van der Waals surface area contributed by atoms with Crippen molar-refractivity contribution in [2.75, 3.05) is 13.2 Å². The highest BCUT2D eigenvalue weighted by Gasteiger charge is 2.35. The second-order valence-corrected chi connectivity index (χ2v) is 8.97. The number of fused-ring (bicyclic) bond motifs is 1. The van der Waals surface area contributed by atoms with Gasteiger partial charge in [-0.15, -0.1) is 0 Å². The minimum absolute atomic E-state index is 0.0512. The molecule has 1 fully saturated rings. The van der Waals surface area contributed by atoms with E-state index in [2.05, 4.69) is 36.2 Å². The molecule has 3 heterocycles. The number of carbonyl (C=O) groups is 1. The minimum Gasteiger partial charge on any atom is -0.377 e. The number of pyridine rings is 1. The fourth-order valence-electron chi connectivity index (χ4n) is 3.92. The highest BCUT2D eigenvalue weighted by Crippen LogP contribution is 2.34. The molecule has 0 radical (unpaired) electrons. The smallest absolute Gasteiger partial charge is 0.259 e. The van der Waals surface area contributed by atoms with Crippen molar-refractivity contribution in [2.45, 2.75) is 66.4 Å². The molecule has 1 amide bonds. The van der Waals surface area contributed by atoms with Crippen molar-refractivity contribution < 1.29 is 14.1 Å². The highest BCUT2D eigenvalue weighted by molar-refractivity contribution is 6.06. The van der Waals surface area contributed by atoms with Crippen LogP contribution >= 0.6 is 0 Å². The van der Waals surface area contributed by atoms with Gasteiger partial charge in [-0.05, 0) is 37.2 Å². The van der Waals surface area contributed by atoms with Crippen molar-refractivity contribution >= 4 is 17.0 Å². The van der Waals surface area contributed by atoms with E-state index in [1.54, 1.807) is 0 Å². The quantitative estimate of drug-likeness (QED) is 0.868. The zero-order chi connectivity index (χ0) is 19.8. The second-order valence-electron chi connectivity index (χ2n) is 8.97. The predicted molar refractivity (Wildman–Crippen MR) is 105 cm³/mol. The first-order valence-corrected chi connectivity index (χ1v) is 9.85. The van der Waals surface area contributed by atoms with Gasteiger partial charge >= 0.3 is 0 Å². The van der Waals surface area contributed by atoms with Gasteiger partial charge in [-0.2, -0.15) is 0 Å². The molecular weight excluding hydrogens is 342 g/mol. The summed E-state index contributed by atoms with van der Waals surface area (Å²) >= 11 is 0. The third kappa shape index (κ3) is 4.15. The summed E-state index contributed by atoms with van der Waals surface area (Å²) in [5, 5.41) is 7.82. The topological polar surface area (TPSA) is 77.2 Å².